The number of fused-ring (bicyclic) bond motifs is 1. The smallest absolute Gasteiger partial charge is 0.200 e. The number of aromatic nitrogens is 8. The summed E-state index contributed by atoms with van der Waals surface area (Å²) >= 11 is 0. The second kappa shape index (κ2) is 5.20. The van der Waals surface area contributed by atoms with Gasteiger partial charge in [-0.1, -0.05) is 0 Å². The van der Waals surface area contributed by atoms with Crippen LogP contribution in [0.5, 0.6) is 0 Å². The molecular formula is C13H11N9. The lowest BCUT2D eigenvalue weighted by Gasteiger charge is -2.07. The van der Waals surface area contributed by atoms with E-state index in [1.54, 1.807) is 23.1 Å². The third-order valence-electron chi connectivity index (χ3n) is 3.09. The zero-order valence-electron chi connectivity index (χ0n) is 11.4. The average Bonchev–Trinajstić information content (AvgIpc) is 3.24. The second-order valence-corrected chi connectivity index (χ2v) is 4.57. The molecule has 4 rings (SSSR count). The minimum atomic E-state index is 0.607. The molecule has 4 heterocycles. The van der Waals surface area contributed by atoms with Crippen molar-refractivity contribution in [1.82, 2.24) is 40.0 Å². The Morgan fingerprint density at radius 1 is 1.14 bits per heavy atom. The SMILES string of the molecule is c1cnn(-c2cc(CNc3ccc4nnnn4n3)ccn2)c1. The van der Waals surface area contributed by atoms with E-state index < -0.39 is 0 Å². The van der Waals surface area contributed by atoms with Gasteiger partial charge < -0.3 is 5.32 Å². The van der Waals surface area contributed by atoms with Crippen LogP contribution in [-0.2, 0) is 6.54 Å². The van der Waals surface area contributed by atoms with Crippen LogP contribution in [0.1, 0.15) is 5.56 Å². The summed E-state index contributed by atoms with van der Waals surface area (Å²) in [5.74, 6) is 1.46. The third kappa shape index (κ3) is 2.35. The van der Waals surface area contributed by atoms with Gasteiger partial charge in [-0.3, -0.25) is 0 Å². The average molecular weight is 293 g/mol. The minimum Gasteiger partial charge on any atom is -0.365 e. The van der Waals surface area contributed by atoms with Gasteiger partial charge in [-0.2, -0.15) is 5.10 Å². The van der Waals surface area contributed by atoms with Gasteiger partial charge in [0.25, 0.3) is 0 Å². The number of hydrogen-bond donors (Lipinski definition) is 1. The molecule has 0 fully saturated rings. The van der Waals surface area contributed by atoms with Crippen LogP contribution in [-0.4, -0.2) is 40.0 Å². The van der Waals surface area contributed by atoms with Crippen LogP contribution in [0.2, 0.25) is 0 Å². The summed E-state index contributed by atoms with van der Waals surface area (Å²) in [6.07, 6.45) is 5.33. The summed E-state index contributed by atoms with van der Waals surface area (Å²) in [6, 6.07) is 9.40. The van der Waals surface area contributed by atoms with Crippen LogP contribution in [0.3, 0.4) is 0 Å². The first-order chi connectivity index (χ1) is 10.9. The molecule has 4 aromatic heterocycles. The highest BCUT2D eigenvalue weighted by Crippen LogP contribution is 2.09. The molecule has 22 heavy (non-hydrogen) atoms. The predicted octanol–water partition coefficient (Wildman–Crippen LogP) is 0.712. The maximum absolute atomic E-state index is 4.30. The topological polar surface area (TPSA) is 98.7 Å². The molecule has 4 aromatic rings. The van der Waals surface area contributed by atoms with E-state index in [-0.39, 0.29) is 0 Å². The Hall–Kier alpha value is -3.36. The van der Waals surface area contributed by atoms with Crippen molar-refractivity contribution in [3.8, 4) is 5.82 Å². The van der Waals surface area contributed by atoms with Crippen molar-refractivity contribution in [2.75, 3.05) is 5.32 Å². The summed E-state index contributed by atoms with van der Waals surface area (Å²) in [6.45, 7) is 0.609. The Bertz CT molecular complexity index is 897. The molecule has 9 heteroatoms. The number of nitrogens with zero attached hydrogens (tertiary/aromatic N) is 8. The molecule has 0 aromatic carbocycles. The van der Waals surface area contributed by atoms with Crippen molar-refractivity contribution in [3.05, 3.63) is 54.5 Å². The number of rotatable bonds is 4. The molecular weight excluding hydrogens is 282 g/mol. The van der Waals surface area contributed by atoms with Crippen LogP contribution in [0.15, 0.2) is 48.9 Å². The van der Waals surface area contributed by atoms with Gasteiger partial charge in [-0.05, 0) is 46.3 Å². The first kappa shape index (κ1) is 12.4. The Labute approximate surface area is 124 Å². The zero-order valence-corrected chi connectivity index (χ0v) is 11.4. The van der Waals surface area contributed by atoms with Gasteiger partial charge in [0.15, 0.2) is 11.5 Å². The summed E-state index contributed by atoms with van der Waals surface area (Å²) in [7, 11) is 0. The first-order valence-electron chi connectivity index (χ1n) is 6.63. The number of anilines is 1. The number of pyridine rings is 1. The molecule has 0 saturated carbocycles. The Morgan fingerprint density at radius 2 is 2.14 bits per heavy atom. The number of hydrogen-bond acceptors (Lipinski definition) is 7. The van der Waals surface area contributed by atoms with Crippen molar-refractivity contribution >= 4 is 11.5 Å². The van der Waals surface area contributed by atoms with Crippen molar-refractivity contribution in [2.24, 2.45) is 0 Å². The van der Waals surface area contributed by atoms with Crippen LogP contribution in [0.25, 0.3) is 11.5 Å². The lowest BCUT2D eigenvalue weighted by molar-refractivity contribution is 0.734. The van der Waals surface area contributed by atoms with Gasteiger partial charge in [0, 0.05) is 25.1 Å². The molecule has 0 atom stereocenters. The van der Waals surface area contributed by atoms with Gasteiger partial charge in [0.1, 0.15) is 5.82 Å². The summed E-state index contributed by atoms with van der Waals surface area (Å²) in [4.78, 5) is 4.30. The van der Waals surface area contributed by atoms with Crippen LogP contribution in [0.4, 0.5) is 5.82 Å². The summed E-state index contributed by atoms with van der Waals surface area (Å²) in [5.41, 5.74) is 1.68. The molecule has 0 amide bonds. The quantitative estimate of drug-likeness (QED) is 0.591. The third-order valence-corrected chi connectivity index (χ3v) is 3.09. The van der Waals surface area contributed by atoms with E-state index in [4.69, 9.17) is 0 Å². The molecule has 0 saturated heterocycles. The molecule has 9 nitrogen and oxygen atoms in total. The van der Waals surface area contributed by atoms with Crippen molar-refractivity contribution < 1.29 is 0 Å². The molecule has 0 spiro atoms. The number of tetrazole rings is 1. The standard InChI is InChI=1S/C13H11N9/c1-5-16-21(7-1)13-8-10(4-6-14-13)9-15-11-2-3-12-17-19-20-22(12)18-11/h1-8H,9H2,(H,15,18). The van der Waals surface area contributed by atoms with Crippen molar-refractivity contribution in [3.63, 3.8) is 0 Å². The highest BCUT2D eigenvalue weighted by atomic mass is 15.6. The normalized spacial score (nSPS) is 10.9. The lowest BCUT2D eigenvalue weighted by Crippen LogP contribution is -2.06. The predicted molar refractivity (Wildman–Crippen MR) is 77.3 cm³/mol. The summed E-state index contributed by atoms with van der Waals surface area (Å²) < 4.78 is 3.10. The van der Waals surface area contributed by atoms with E-state index in [1.807, 2.05) is 30.5 Å². The largest absolute Gasteiger partial charge is 0.365 e. The maximum Gasteiger partial charge on any atom is 0.200 e. The van der Waals surface area contributed by atoms with Gasteiger partial charge in [-0.25, -0.2) is 9.67 Å². The maximum atomic E-state index is 4.30. The first-order valence-corrected chi connectivity index (χ1v) is 6.63. The number of nitrogens with one attached hydrogen (secondary N) is 1. The van der Waals surface area contributed by atoms with E-state index in [1.165, 1.54) is 4.63 Å². The van der Waals surface area contributed by atoms with Gasteiger partial charge >= 0.3 is 0 Å². The molecule has 0 radical (unpaired) electrons. The van der Waals surface area contributed by atoms with E-state index >= 15 is 0 Å². The highest BCUT2D eigenvalue weighted by Gasteiger charge is 2.03. The summed E-state index contributed by atoms with van der Waals surface area (Å²) in [5, 5.41) is 22.8. The fourth-order valence-corrected chi connectivity index (χ4v) is 2.04. The Morgan fingerprint density at radius 3 is 3.05 bits per heavy atom. The van der Waals surface area contributed by atoms with E-state index in [2.05, 4.69) is 36.0 Å². The molecule has 0 unspecified atom stereocenters. The molecule has 1 N–H and O–H groups in total. The monoisotopic (exact) mass is 293 g/mol. The molecule has 108 valence electrons. The van der Waals surface area contributed by atoms with Crippen LogP contribution >= 0.6 is 0 Å². The highest BCUT2D eigenvalue weighted by molar-refractivity contribution is 5.42. The van der Waals surface area contributed by atoms with Gasteiger partial charge in [0.05, 0.1) is 0 Å². The molecule has 0 aliphatic rings. The van der Waals surface area contributed by atoms with Crippen molar-refractivity contribution in [2.45, 2.75) is 6.54 Å². The van der Waals surface area contributed by atoms with Crippen LogP contribution < -0.4 is 5.32 Å². The minimum absolute atomic E-state index is 0.607. The van der Waals surface area contributed by atoms with E-state index in [0.717, 1.165) is 11.4 Å². The fraction of sp³-hybridized carbons (Fsp3) is 0.0769. The van der Waals surface area contributed by atoms with E-state index in [0.29, 0.717) is 18.0 Å². The van der Waals surface area contributed by atoms with Gasteiger partial charge in [0.2, 0.25) is 0 Å². The molecule has 0 bridgehead atoms. The Balaban J connectivity index is 1.52. The molecule has 0 aliphatic carbocycles. The van der Waals surface area contributed by atoms with Gasteiger partial charge in [-0.15, -0.1) is 14.8 Å². The van der Waals surface area contributed by atoms with E-state index in [9.17, 15) is 0 Å². The molecule has 0 aliphatic heterocycles. The lowest BCUT2D eigenvalue weighted by atomic mass is 10.2. The second-order valence-electron chi connectivity index (χ2n) is 4.57. The van der Waals surface area contributed by atoms with Crippen LogP contribution in [0, 0.1) is 0 Å². The van der Waals surface area contributed by atoms with Crippen molar-refractivity contribution in [1.29, 1.82) is 0 Å². The fourth-order valence-electron chi connectivity index (χ4n) is 2.04. The zero-order chi connectivity index (χ0) is 14.8. The Kier molecular flexibility index (Phi) is 2.93.